The van der Waals surface area contributed by atoms with Crippen molar-refractivity contribution in [3.8, 4) is 5.75 Å². The lowest BCUT2D eigenvalue weighted by Gasteiger charge is -2.39. The van der Waals surface area contributed by atoms with Crippen molar-refractivity contribution in [3.05, 3.63) is 93.5 Å². The molecule has 0 unspecified atom stereocenters. The fraction of sp³-hybridized carbons (Fsp3) is 0.200. The Balaban J connectivity index is 1.79. The molecule has 0 aliphatic carbocycles. The summed E-state index contributed by atoms with van der Waals surface area (Å²) in [5.41, 5.74) is 3.94. The molecule has 1 aliphatic rings. The van der Waals surface area contributed by atoms with Gasteiger partial charge in [-0.15, -0.1) is 0 Å². The van der Waals surface area contributed by atoms with Gasteiger partial charge in [0.1, 0.15) is 5.75 Å². The molecule has 1 heterocycles. The van der Waals surface area contributed by atoms with Gasteiger partial charge in [-0.1, -0.05) is 36.4 Å². The van der Waals surface area contributed by atoms with Gasteiger partial charge in [0.25, 0.3) is 5.91 Å². The zero-order chi connectivity index (χ0) is 22.1. The first kappa shape index (κ1) is 21.1. The number of fused-ring (bicyclic) bond motifs is 1. The standard InChI is InChI=1S/C25H23BrN2O3/c1-15-8-13-21(20(26)14-15)27-24(29)22-18-6-4-5-7-19(18)25(30)28(2)23(22)16-9-11-17(31-3)12-10-16/h4-14,22-23H,1-3H3,(H,27,29)/t22-,23+/m1/s1. The lowest BCUT2D eigenvalue weighted by Crippen LogP contribution is -2.44. The highest BCUT2D eigenvalue weighted by molar-refractivity contribution is 9.10. The Morgan fingerprint density at radius 1 is 1.06 bits per heavy atom. The van der Waals surface area contributed by atoms with Crippen LogP contribution in [0.2, 0.25) is 0 Å². The third-order valence-corrected chi connectivity index (χ3v) is 6.36. The summed E-state index contributed by atoms with van der Waals surface area (Å²) < 4.78 is 6.09. The highest BCUT2D eigenvalue weighted by Crippen LogP contribution is 2.43. The smallest absolute Gasteiger partial charge is 0.254 e. The molecule has 0 fully saturated rings. The summed E-state index contributed by atoms with van der Waals surface area (Å²) in [5.74, 6) is -0.117. The van der Waals surface area contributed by atoms with Gasteiger partial charge in [0.05, 0.1) is 24.8 Å². The van der Waals surface area contributed by atoms with Crippen LogP contribution >= 0.6 is 15.9 Å². The quantitative estimate of drug-likeness (QED) is 0.552. The molecule has 6 heteroatoms. The molecular formula is C25H23BrN2O3. The molecule has 0 radical (unpaired) electrons. The number of nitrogens with zero attached hydrogens (tertiary/aromatic N) is 1. The maximum atomic E-state index is 13.6. The van der Waals surface area contributed by atoms with Crippen molar-refractivity contribution >= 4 is 33.4 Å². The number of benzene rings is 3. The second-order valence-electron chi connectivity index (χ2n) is 7.67. The van der Waals surface area contributed by atoms with Crippen molar-refractivity contribution in [3.63, 3.8) is 0 Å². The molecule has 1 N–H and O–H groups in total. The van der Waals surface area contributed by atoms with Gasteiger partial charge in [0.2, 0.25) is 5.91 Å². The minimum atomic E-state index is -0.569. The largest absolute Gasteiger partial charge is 0.497 e. The van der Waals surface area contributed by atoms with E-state index in [-0.39, 0.29) is 11.8 Å². The summed E-state index contributed by atoms with van der Waals surface area (Å²) >= 11 is 3.54. The van der Waals surface area contributed by atoms with Crippen LogP contribution in [0.4, 0.5) is 5.69 Å². The van der Waals surface area contributed by atoms with Crippen molar-refractivity contribution in [2.24, 2.45) is 0 Å². The van der Waals surface area contributed by atoms with Gasteiger partial charge in [-0.3, -0.25) is 9.59 Å². The molecule has 2 amide bonds. The van der Waals surface area contributed by atoms with Crippen molar-refractivity contribution in [2.45, 2.75) is 18.9 Å². The highest BCUT2D eigenvalue weighted by Gasteiger charge is 2.42. The molecule has 0 saturated heterocycles. The summed E-state index contributed by atoms with van der Waals surface area (Å²) in [4.78, 5) is 28.4. The molecule has 4 rings (SSSR count). The van der Waals surface area contributed by atoms with Crippen LogP contribution in [-0.2, 0) is 4.79 Å². The van der Waals surface area contributed by atoms with Crippen LogP contribution in [0.5, 0.6) is 5.75 Å². The molecule has 0 saturated carbocycles. The third-order valence-electron chi connectivity index (χ3n) is 5.70. The van der Waals surface area contributed by atoms with Crippen LogP contribution in [-0.4, -0.2) is 30.9 Å². The fourth-order valence-corrected chi connectivity index (χ4v) is 4.70. The van der Waals surface area contributed by atoms with E-state index in [4.69, 9.17) is 4.74 Å². The summed E-state index contributed by atoms with van der Waals surface area (Å²) in [6.07, 6.45) is 0. The van der Waals surface area contributed by atoms with Crippen molar-refractivity contribution in [1.82, 2.24) is 4.90 Å². The van der Waals surface area contributed by atoms with Gasteiger partial charge in [0, 0.05) is 17.1 Å². The Morgan fingerprint density at radius 3 is 2.45 bits per heavy atom. The molecule has 0 aromatic heterocycles. The molecule has 3 aromatic carbocycles. The lowest BCUT2D eigenvalue weighted by atomic mass is 9.79. The molecular weight excluding hydrogens is 456 g/mol. The van der Waals surface area contributed by atoms with E-state index in [2.05, 4.69) is 21.2 Å². The van der Waals surface area contributed by atoms with E-state index >= 15 is 0 Å². The van der Waals surface area contributed by atoms with Crippen LogP contribution in [0, 0.1) is 6.92 Å². The van der Waals surface area contributed by atoms with Crippen LogP contribution in [0.3, 0.4) is 0 Å². The second-order valence-corrected chi connectivity index (χ2v) is 8.53. The van der Waals surface area contributed by atoms with Crippen molar-refractivity contribution in [1.29, 1.82) is 0 Å². The number of nitrogens with one attached hydrogen (secondary N) is 1. The summed E-state index contributed by atoms with van der Waals surface area (Å²) in [7, 11) is 3.35. The number of carbonyl (C=O) groups excluding carboxylic acids is 2. The zero-order valence-electron chi connectivity index (χ0n) is 17.6. The molecule has 0 bridgehead atoms. The molecule has 2 atom stereocenters. The van der Waals surface area contributed by atoms with Crippen LogP contribution in [0.15, 0.2) is 71.2 Å². The van der Waals surface area contributed by atoms with Gasteiger partial charge in [0.15, 0.2) is 0 Å². The number of hydrogen-bond donors (Lipinski definition) is 1. The van der Waals surface area contributed by atoms with Gasteiger partial charge in [-0.25, -0.2) is 0 Å². The number of amides is 2. The summed E-state index contributed by atoms with van der Waals surface area (Å²) in [6.45, 7) is 1.99. The topological polar surface area (TPSA) is 58.6 Å². The first-order valence-electron chi connectivity index (χ1n) is 9.97. The molecule has 1 aliphatic heterocycles. The third kappa shape index (κ3) is 3.95. The number of halogens is 1. The molecule has 31 heavy (non-hydrogen) atoms. The number of likely N-dealkylation sites (N-methyl/N-ethyl adjacent to an activating group) is 1. The van der Waals surface area contributed by atoms with Gasteiger partial charge in [-0.2, -0.15) is 0 Å². The molecule has 3 aromatic rings. The SMILES string of the molecule is COc1ccc([C@H]2[C@H](C(=O)Nc3ccc(C)cc3Br)c3ccccc3C(=O)N2C)cc1. The number of ether oxygens (including phenoxy) is 1. The Hall–Kier alpha value is -3.12. The van der Waals surface area contributed by atoms with E-state index in [9.17, 15) is 9.59 Å². The summed E-state index contributed by atoms with van der Waals surface area (Å²) in [5, 5.41) is 3.06. The normalized spacial score (nSPS) is 17.8. The Bertz CT molecular complexity index is 1140. The van der Waals surface area contributed by atoms with E-state index in [0.29, 0.717) is 11.3 Å². The number of carbonyl (C=O) groups is 2. The first-order valence-corrected chi connectivity index (χ1v) is 10.8. The van der Waals surface area contributed by atoms with E-state index < -0.39 is 12.0 Å². The maximum absolute atomic E-state index is 13.6. The predicted octanol–water partition coefficient (Wildman–Crippen LogP) is 5.32. The Labute approximate surface area is 190 Å². The maximum Gasteiger partial charge on any atom is 0.254 e. The first-order chi connectivity index (χ1) is 14.9. The number of hydrogen-bond acceptors (Lipinski definition) is 3. The Kier molecular flexibility index (Phi) is 5.83. The second kappa shape index (κ2) is 8.55. The van der Waals surface area contributed by atoms with Crippen molar-refractivity contribution < 1.29 is 14.3 Å². The van der Waals surface area contributed by atoms with Gasteiger partial charge < -0.3 is 15.0 Å². The average molecular weight is 479 g/mol. The average Bonchev–Trinajstić information content (AvgIpc) is 2.78. The number of methoxy groups -OCH3 is 1. The lowest BCUT2D eigenvalue weighted by molar-refractivity contribution is -0.119. The van der Waals surface area contributed by atoms with Crippen molar-refractivity contribution in [2.75, 3.05) is 19.5 Å². The van der Waals surface area contributed by atoms with Crippen LogP contribution in [0.1, 0.15) is 39.0 Å². The van der Waals surface area contributed by atoms with Gasteiger partial charge in [-0.05, 0) is 69.9 Å². The Morgan fingerprint density at radius 2 is 1.77 bits per heavy atom. The predicted molar refractivity (Wildman–Crippen MR) is 125 cm³/mol. The number of anilines is 1. The minimum Gasteiger partial charge on any atom is -0.497 e. The molecule has 0 spiro atoms. The van der Waals surface area contributed by atoms with E-state index in [1.165, 1.54) is 0 Å². The fourth-order valence-electron chi connectivity index (χ4n) is 4.11. The van der Waals surface area contributed by atoms with Crippen LogP contribution in [0.25, 0.3) is 0 Å². The van der Waals surface area contributed by atoms with Gasteiger partial charge >= 0.3 is 0 Å². The number of rotatable bonds is 4. The monoisotopic (exact) mass is 478 g/mol. The minimum absolute atomic E-state index is 0.100. The summed E-state index contributed by atoms with van der Waals surface area (Å²) in [6, 6.07) is 20.2. The molecule has 5 nitrogen and oxygen atoms in total. The zero-order valence-corrected chi connectivity index (χ0v) is 19.1. The van der Waals surface area contributed by atoms with Crippen LogP contribution < -0.4 is 10.1 Å². The van der Waals surface area contributed by atoms with E-state index in [1.54, 1.807) is 25.1 Å². The molecule has 158 valence electrons. The number of aryl methyl sites for hydroxylation is 1. The highest BCUT2D eigenvalue weighted by atomic mass is 79.9. The van der Waals surface area contributed by atoms with E-state index in [1.807, 2.05) is 67.6 Å². The van der Waals surface area contributed by atoms with E-state index in [0.717, 1.165) is 26.9 Å².